The molecule has 0 bridgehead atoms. The van der Waals surface area contributed by atoms with Gasteiger partial charge in [-0.1, -0.05) is 13.8 Å². The monoisotopic (exact) mass is 383 g/mol. The highest BCUT2D eigenvalue weighted by atomic mass is 16.6. The molecule has 0 aliphatic rings. The van der Waals surface area contributed by atoms with Crippen LogP contribution in [0.2, 0.25) is 0 Å². The summed E-state index contributed by atoms with van der Waals surface area (Å²) >= 11 is 0. The van der Waals surface area contributed by atoms with Crippen molar-refractivity contribution in [2.24, 2.45) is 5.92 Å². The number of hydrogen-bond donors (Lipinski definition) is 1. The van der Waals surface area contributed by atoms with Gasteiger partial charge in [0.2, 0.25) is 0 Å². The van der Waals surface area contributed by atoms with E-state index < -0.39 is 0 Å². The topological polar surface area (TPSA) is 91.8 Å². The Kier molecular flexibility index (Phi) is 12.5. The summed E-state index contributed by atoms with van der Waals surface area (Å²) in [5, 5.41) is 11.0. The standard InChI is InChI=1S/C19H33N3O5/c1-15(2)19(23)17-5-6-18(22-21-17)20-7-8-24-9-10-25-11-12-26-13-14-27-16(3)4/h5-6,15-16H,7-14H2,1-4H3,(H,20,22). The summed E-state index contributed by atoms with van der Waals surface area (Å²) in [4.78, 5) is 11.8. The zero-order valence-electron chi connectivity index (χ0n) is 16.9. The Labute approximate surface area is 161 Å². The van der Waals surface area contributed by atoms with E-state index in [-0.39, 0.29) is 17.8 Å². The molecule has 0 aliphatic heterocycles. The summed E-state index contributed by atoms with van der Waals surface area (Å²) in [6, 6.07) is 3.43. The molecule has 1 N–H and O–H groups in total. The summed E-state index contributed by atoms with van der Waals surface area (Å²) in [5.74, 6) is 0.527. The molecule has 0 radical (unpaired) electrons. The Morgan fingerprint density at radius 3 is 2.00 bits per heavy atom. The van der Waals surface area contributed by atoms with Crippen LogP contribution in [-0.4, -0.2) is 74.9 Å². The molecule has 0 amide bonds. The van der Waals surface area contributed by atoms with Gasteiger partial charge in [0.15, 0.2) is 5.78 Å². The number of Topliss-reactive ketones (excluding diaryl/α,β-unsaturated/α-hetero) is 1. The van der Waals surface area contributed by atoms with Crippen molar-refractivity contribution < 1.29 is 23.7 Å². The van der Waals surface area contributed by atoms with Gasteiger partial charge in [0.05, 0.1) is 52.4 Å². The molecule has 1 aromatic heterocycles. The van der Waals surface area contributed by atoms with Crippen LogP contribution in [0.3, 0.4) is 0 Å². The van der Waals surface area contributed by atoms with Gasteiger partial charge in [0.25, 0.3) is 0 Å². The molecule has 0 unspecified atom stereocenters. The molecule has 154 valence electrons. The molecule has 0 atom stereocenters. The molecule has 0 spiro atoms. The van der Waals surface area contributed by atoms with Gasteiger partial charge in [0.1, 0.15) is 11.5 Å². The normalized spacial score (nSPS) is 11.3. The molecule has 0 aliphatic carbocycles. The van der Waals surface area contributed by atoms with Crippen molar-refractivity contribution in [2.45, 2.75) is 33.8 Å². The third-order valence-electron chi connectivity index (χ3n) is 3.42. The van der Waals surface area contributed by atoms with Crippen LogP contribution in [0.4, 0.5) is 5.82 Å². The number of rotatable bonds is 16. The van der Waals surface area contributed by atoms with E-state index in [1.54, 1.807) is 12.1 Å². The van der Waals surface area contributed by atoms with E-state index in [0.29, 0.717) is 64.3 Å². The van der Waals surface area contributed by atoms with Crippen molar-refractivity contribution in [2.75, 3.05) is 58.1 Å². The first-order valence-electron chi connectivity index (χ1n) is 9.47. The lowest BCUT2D eigenvalue weighted by atomic mass is 10.1. The average molecular weight is 383 g/mol. The lowest BCUT2D eigenvalue weighted by Gasteiger charge is -2.09. The molecule has 0 fully saturated rings. The summed E-state index contributed by atoms with van der Waals surface area (Å²) < 4.78 is 21.6. The van der Waals surface area contributed by atoms with Gasteiger partial charge >= 0.3 is 0 Å². The van der Waals surface area contributed by atoms with Gasteiger partial charge in [-0.05, 0) is 26.0 Å². The third-order valence-corrected chi connectivity index (χ3v) is 3.42. The van der Waals surface area contributed by atoms with E-state index in [9.17, 15) is 4.79 Å². The molecular formula is C19H33N3O5. The molecule has 1 rings (SSSR count). The van der Waals surface area contributed by atoms with Crippen LogP contribution in [0, 0.1) is 5.92 Å². The average Bonchev–Trinajstić information content (AvgIpc) is 2.65. The van der Waals surface area contributed by atoms with Crippen LogP contribution in [-0.2, 0) is 18.9 Å². The SMILES string of the molecule is CC(C)OCCOCCOCCOCCNc1ccc(C(=O)C(C)C)nn1. The summed E-state index contributed by atoms with van der Waals surface area (Å²) in [6.45, 7) is 12.1. The van der Waals surface area contributed by atoms with Crippen LogP contribution in [0.25, 0.3) is 0 Å². The Bertz CT molecular complexity index is 509. The second kappa shape index (κ2) is 14.4. The first-order valence-corrected chi connectivity index (χ1v) is 9.47. The third kappa shape index (κ3) is 11.7. The van der Waals surface area contributed by atoms with Gasteiger partial charge < -0.3 is 24.3 Å². The number of ketones is 1. The zero-order chi connectivity index (χ0) is 19.9. The maximum Gasteiger partial charge on any atom is 0.185 e. The minimum absolute atomic E-state index is 0.00771. The highest BCUT2D eigenvalue weighted by molar-refractivity contribution is 5.95. The maximum atomic E-state index is 11.8. The number of hydrogen-bond acceptors (Lipinski definition) is 8. The molecule has 0 saturated heterocycles. The largest absolute Gasteiger partial charge is 0.377 e. The minimum atomic E-state index is -0.0841. The van der Waals surface area contributed by atoms with Crippen molar-refractivity contribution in [3.63, 3.8) is 0 Å². The predicted octanol–water partition coefficient (Wildman–Crippen LogP) is 2.20. The van der Waals surface area contributed by atoms with Crippen LogP contribution < -0.4 is 5.32 Å². The number of nitrogens with one attached hydrogen (secondary N) is 1. The van der Waals surface area contributed by atoms with E-state index in [4.69, 9.17) is 18.9 Å². The highest BCUT2D eigenvalue weighted by Gasteiger charge is 2.12. The Morgan fingerprint density at radius 1 is 0.889 bits per heavy atom. The van der Waals surface area contributed by atoms with Gasteiger partial charge in [-0.15, -0.1) is 10.2 Å². The fourth-order valence-corrected chi connectivity index (χ4v) is 1.99. The molecule has 1 heterocycles. The quantitative estimate of drug-likeness (QED) is 0.343. The summed E-state index contributed by atoms with van der Waals surface area (Å²) in [7, 11) is 0. The van der Waals surface area contributed by atoms with E-state index >= 15 is 0 Å². The molecular weight excluding hydrogens is 350 g/mol. The molecule has 27 heavy (non-hydrogen) atoms. The number of anilines is 1. The number of aromatic nitrogens is 2. The van der Waals surface area contributed by atoms with Crippen molar-refractivity contribution in [1.29, 1.82) is 0 Å². The van der Waals surface area contributed by atoms with Crippen molar-refractivity contribution in [1.82, 2.24) is 10.2 Å². The Balaban J connectivity index is 1.94. The lowest BCUT2D eigenvalue weighted by molar-refractivity contribution is -0.0110. The van der Waals surface area contributed by atoms with E-state index in [1.807, 2.05) is 27.7 Å². The van der Waals surface area contributed by atoms with E-state index in [0.717, 1.165) is 0 Å². The van der Waals surface area contributed by atoms with Gasteiger partial charge in [-0.25, -0.2) is 0 Å². The maximum absolute atomic E-state index is 11.8. The molecule has 8 heteroatoms. The fourth-order valence-electron chi connectivity index (χ4n) is 1.99. The van der Waals surface area contributed by atoms with E-state index in [1.165, 1.54) is 0 Å². The number of carbonyl (C=O) groups is 1. The molecule has 0 aromatic carbocycles. The number of nitrogens with zero attached hydrogens (tertiary/aromatic N) is 2. The van der Waals surface area contributed by atoms with Crippen molar-refractivity contribution >= 4 is 11.6 Å². The second-order valence-electron chi connectivity index (χ2n) is 6.51. The highest BCUT2D eigenvalue weighted by Crippen LogP contribution is 2.07. The summed E-state index contributed by atoms with van der Waals surface area (Å²) in [5.41, 5.74) is 0.389. The van der Waals surface area contributed by atoms with Gasteiger partial charge in [-0.2, -0.15) is 0 Å². The predicted molar refractivity (Wildman–Crippen MR) is 103 cm³/mol. The van der Waals surface area contributed by atoms with Crippen LogP contribution in [0.5, 0.6) is 0 Å². The van der Waals surface area contributed by atoms with Crippen molar-refractivity contribution in [3.8, 4) is 0 Å². The zero-order valence-corrected chi connectivity index (χ0v) is 16.9. The molecule has 8 nitrogen and oxygen atoms in total. The van der Waals surface area contributed by atoms with Gasteiger partial charge in [-0.3, -0.25) is 4.79 Å². The smallest absolute Gasteiger partial charge is 0.185 e. The number of ether oxygens (including phenoxy) is 4. The lowest BCUT2D eigenvalue weighted by Crippen LogP contribution is -2.16. The summed E-state index contributed by atoms with van der Waals surface area (Å²) in [6.07, 6.45) is 0.233. The van der Waals surface area contributed by atoms with Crippen LogP contribution >= 0.6 is 0 Å². The fraction of sp³-hybridized carbons (Fsp3) is 0.737. The van der Waals surface area contributed by atoms with Crippen molar-refractivity contribution in [3.05, 3.63) is 17.8 Å². The first-order chi connectivity index (χ1) is 13.0. The Morgan fingerprint density at radius 2 is 1.48 bits per heavy atom. The Hall–Kier alpha value is -1.61. The van der Waals surface area contributed by atoms with Crippen LogP contribution in [0.15, 0.2) is 12.1 Å². The molecule has 1 aromatic rings. The van der Waals surface area contributed by atoms with E-state index in [2.05, 4.69) is 15.5 Å². The van der Waals surface area contributed by atoms with Crippen LogP contribution in [0.1, 0.15) is 38.2 Å². The minimum Gasteiger partial charge on any atom is -0.377 e. The first kappa shape index (κ1) is 23.4. The number of carbonyl (C=O) groups excluding carboxylic acids is 1. The molecule has 0 saturated carbocycles. The second-order valence-corrected chi connectivity index (χ2v) is 6.51. The van der Waals surface area contributed by atoms with Gasteiger partial charge in [0, 0.05) is 12.5 Å².